The van der Waals surface area contributed by atoms with Crippen LogP contribution in [0.15, 0.2) is 54.6 Å². The van der Waals surface area contributed by atoms with Gasteiger partial charge in [0.1, 0.15) is 12.5 Å². The Morgan fingerprint density at radius 1 is 1.06 bits per heavy atom. The van der Waals surface area contributed by atoms with E-state index in [0.717, 1.165) is 49.2 Å². The lowest BCUT2D eigenvalue weighted by Crippen LogP contribution is -2.43. The Bertz CT molecular complexity index is 974. The van der Waals surface area contributed by atoms with Crippen LogP contribution in [0.3, 0.4) is 0 Å². The van der Waals surface area contributed by atoms with E-state index in [9.17, 15) is 14.4 Å². The molecule has 1 saturated heterocycles. The van der Waals surface area contributed by atoms with Crippen LogP contribution in [0.1, 0.15) is 24.8 Å². The summed E-state index contributed by atoms with van der Waals surface area (Å²) >= 11 is 0. The molecule has 2 amide bonds. The molecule has 2 aromatic rings. The molecule has 0 saturated carbocycles. The normalized spacial score (nSPS) is 14.3. The molecule has 0 radical (unpaired) electrons. The molecular weight excluding hydrogens is 444 g/mol. The van der Waals surface area contributed by atoms with E-state index in [1.165, 1.54) is 0 Å². The molecule has 0 aliphatic carbocycles. The van der Waals surface area contributed by atoms with Crippen molar-refractivity contribution in [2.24, 2.45) is 5.73 Å². The van der Waals surface area contributed by atoms with Gasteiger partial charge in [-0.3, -0.25) is 14.4 Å². The Hall–Kier alpha value is -3.23. The number of nitrogens with one attached hydrogen (secondary N) is 1. The van der Waals surface area contributed by atoms with Crippen molar-refractivity contribution in [3.05, 3.63) is 60.2 Å². The molecule has 1 aliphatic rings. The molecular formula is C27H36N4O4. The number of likely N-dealkylation sites (N-methyl/N-ethyl adjacent to an activating group) is 1. The predicted molar refractivity (Wildman–Crippen MR) is 135 cm³/mol. The summed E-state index contributed by atoms with van der Waals surface area (Å²) < 4.78 is 5.79. The Morgan fingerprint density at radius 2 is 1.74 bits per heavy atom. The highest BCUT2D eigenvalue weighted by molar-refractivity contribution is 5.96. The molecule has 3 N–H and O–H groups in total. The summed E-state index contributed by atoms with van der Waals surface area (Å²) in [7, 11) is 1.71. The fraction of sp³-hybridized carbons (Fsp3) is 0.444. The number of carbonyl (C=O) groups is 3. The highest BCUT2D eigenvalue weighted by Crippen LogP contribution is 2.24. The first-order valence-corrected chi connectivity index (χ1v) is 12.2. The monoisotopic (exact) mass is 480 g/mol. The maximum absolute atomic E-state index is 12.7. The number of benzene rings is 2. The zero-order chi connectivity index (χ0) is 25.0. The SMILES string of the molecule is CN(CCN1CCC(OC(=O)Cc2ccccc2-c2ccccc2)CC1)C(=O)CC(=O)NCCN. The summed E-state index contributed by atoms with van der Waals surface area (Å²) in [5.41, 5.74) is 8.45. The van der Waals surface area contributed by atoms with Crippen molar-refractivity contribution in [1.82, 2.24) is 15.1 Å². The second kappa shape index (κ2) is 13.6. The van der Waals surface area contributed by atoms with Crippen molar-refractivity contribution in [2.45, 2.75) is 31.8 Å². The second-order valence-electron chi connectivity index (χ2n) is 8.86. The Kier molecular flexibility index (Phi) is 10.3. The number of piperidine rings is 1. The van der Waals surface area contributed by atoms with Crippen molar-refractivity contribution in [2.75, 3.05) is 46.3 Å². The van der Waals surface area contributed by atoms with Crippen LogP contribution in [-0.2, 0) is 25.5 Å². The van der Waals surface area contributed by atoms with E-state index in [-0.39, 0.29) is 36.7 Å². The molecule has 3 rings (SSSR count). The highest BCUT2D eigenvalue weighted by Gasteiger charge is 2.23. The van der Waals surface area contributed by atoms with E-state index in [0.29, 0.717) is 19.6 Å². The number of hydrogen-bond acceptors (Lipinski definition) is 6. The van der Waals surface area contributed by atoms with E-state index in [4.69, 9.17) is 10.5 Å². The van der Waals surface area contributed by atoms with Crippen LogP contribution in [-0.4, -0.2) is 80.0 Å². The third-order valence-electron chi connectivity index (χ3n) is 6.23. The van der Waals surface area contributed by atoms with Gasteiger partial charge in [-0.05, 0) is 29.5 Å². The number of ether oxygens (including phenoxy) is 1. The molecule has 0 bridgehead atoms. The van der Waals surface area contributed by atoms with Crippen LogP contribution in [0.25, 0.3) is 11.1 Å². The summed E-state index contributed by atoms with van der Waals surface area (Å²) in [6.45, 7) is 3.59. The molecule has 0 unspecified atom stereocenters. The third-order valence-corrected chi connectivity index (χ3v) is 6.23. The van der Waals surface area contributed by atoms with E-state index in [2.05, 4.69) is 10.2 Å². The number of nitrogens with zero attached hydrogens (tertiary/aromatic N) is 2. The van der Waals surface area contributed by atoms with Gasteiger partial charge in [-0.25, -0.2) is 0 Å². The quantitative estimate of drug-likeness (QED) is 0.376. The molecule has 188 valence electrons. The molecule has 8 heteroatoms. The minimum absolute atomic E-state index is 0.0896. The topological polar surface area (TPSA) is 105 Å². The minimum atomic E-state index is -0.304. The first kappa shape index (κ1) is 26.4. The predicted octanol–water partition coefficient (Wildman–Crippen LogP) is 1.83. The minimum Gasteiger partial charge on any atom is -0.462 e. The molecule has 2 aromatic carbocycles. The van der Waals surface area contributed by atoms with Crippen molar-refractivity contribution in [1.29, 1.82) is 0 Å². The summed E-state index contributed by atoms with van der Waals surface area (Å²) in [4.78, 5) is 40.4. The lowest BCUT2D eigenvalue weighted by Gasteiger charge is -2.32. The van der Waals surface area contributed by atoms with Crippen molar-refractivity contribution < 1.29 is 19.1 Å². The van der Waals surface area contributed by atoms with Gasteiger partial charge in [0.2, 0.25) is 11.8 Å². The summed E-state index contributed by atoms with van der Waals surface area (Å²) in [5, 5.41) is 2.61. The van der Waals surface area contributed by atoms with E-state index in [1.54, 1.807) is 11.9 Å². The van der Waals surface area contributed by atoms with Crippen molar-refractivity contribution in [3.8, 4) is 11.1 Å². The smallest absolute Gasteiger partial charge is 0.310 e. The first-order valence-electron chi connectivity index (χ1n) is 12.2. The molecule has 0 spiro atoms. The van der Waals surface area contributed by atoms with E-state index in [1.807, 2.05) is 54.6 Å². The molecule has 0 aromatic heterocycles. The van der Waals surface area contributed by atoms with Gasteiger partial charge in [-0.1, -0.05) is 54.6 Å². The van der Waals surface area contributed by atoms with Gasteiger partial charge in [-0.15, -0.1) is 0 Å². The molecule has 8 nitrogen and oxygen atoms in total. The van der Waals surface area contributed by atoms with Crippen molar-refractivity contribution >= 4 is 17.8 Å². The Balaban J connectivity index is 1.39. The van der Waals surface area contributed by atoms with Gasteiger partial charge in [0.05, 0.1) is 6.42 Å². The molecule has 1 fully saturated rings. The fourth-order valence-electron chi connectivity index (χ4n) is 4.17. The Morgan fingerprint density at radius 3 is 2.46 bits per heavy atom. The summed E-state index contributed by atoms with van der Waals surface area (Å²) in [5.74, 6) is -0.717. The molecule has 1 aliphatic heterocycles. The van der Waals surface area contributed by atoms with Crippen LogP contribution in [0.5, 0.6) is 0 Å². The fourth-order valence-corrected chi connectivity index (χ4v) is 4.17. The number of carbonyl (C=O) groups excluding carboxylic acids is 3. The zero-order valence-corrected chi connectivity index (χ0v) is 20.4. The summed E-state index contributed by atoms with van der Waals surface area (Å²) in [6, 6.07) is 18.0. The molecule has 0 atom stereocenters. The third kappa shape index (κ3) is 8.49. The number of nitrogens with two attached hydrogens (primary N) is 1. The van der Waals surface area contributed by atoms with Gasteiger partial charge >= 0.3 is 5.97 Å². The van der Waals surface area contributed by atoms with Crippen LogP contribution < -0.4 is 11.1 Å². The largest absolute Gasteiger partial charge is 0.462 e. The lowest BCUT2D eigenvalue weighted by molar-refractivity contribution is -0.150. The lowest BCUT2D eigenvalue weighted by atomic mass is 9.98. The van der Waals surface area contributed by atoms with Crippen LogP contribution in [0.2, 0.25) is 0 Å². The number of rotatable bonds is 11. The van der Waals surface area contributed by atoms with Crippen LogP contribution in [0.4, 0.5) is 0 Å². The summed E-state index contributed by atoms with van der Waals surface area (Å²) in [6.07, 6.45) is 1.53. The standard InChI is InChI=1S/C27H36N4O4/c1-30(26(33)20-25(32)29-14-13-28)17-18-31-15-11-23(12-16-31)35-27(34)19-22-9-5-6-10-24(22)21-7-3-2-4-8-21/h2-10,23H,11-20,28H2,1H3,(H,29,32). The van der Waals surface area contributed by atoms with Gasteiger partial charge in [-0.2, -0.15) is 0 Å². The zero-order valence-electron chi connectivity index (χ0n) is 20.4. The number of likely N-dealkylation sites (tertiary alicyclic amines) is 1. The van der Waals surface area contributed by atoms with Crippen LogP contribution >= 0.6 is 0 Å². The maximum Gasteiger partial charge on any atom is 0.310 e. The van der Waals surface area contributed by atoms with Gasteiger partial charge in [0.15, 0.2) is 0 Å². The average Bonchev–Trinajstić information content (AvgIpc) is 2.87. The maximum atomic E-state index is 12.7. The number of hydrogen-bond donors (Lipinski definition) is 2. The Labute approximate surface area is 207 Å². The highest BCUT2D eigenvalue weighted by atomic mass is 16.5. The van der Waals surface area contributed by atoms with Gasteiger partial charge in [0.25, 0.3) is 0 Å². The molecule has 1 heterocycles. The van der Waals surface area contributed by atoms with E-state index < -0.39 is 0 Å². The van der Waals surface area contributed by atoms with Gasteiger partial charge in [0, 0.05) is 46.3 Å². The average molecular weight is 481 g/mol. The first-order chi connectivity index (χ1) is 17.0. The van der Waals surface area contributed by atoms with E-state index >= 15 is 0 Å². The van der Waals surface area contributed by atoms with Crippen molar-refractivity contribution in [3.63, 3.8) is 0 Å². The second-order valence-corrected chi connectivity index (χ2v) is 8.86. The van der Waals surface area contributed by atoms with Gasteiger partial charge < -0.3 is 25.6 Å². The number of esters is 1. The number of amides is 2. The van der Waals surface area contributed by atoms with Crippen LogP contribution in [0, 0.1) is 0 Å². The molecule has 35 heavy (non-hydrogen) atoms.